The number of benzene rings is 1. The molecule has 202 valence electrons. The second-order valence-electron chi connectivity index (χ2n) is 9.75. The number of thioether (sulfide) groups is 1. The highest BCUT2D eigenvalue weighted by Crippen LogP contribution is 2.43. The lowest BCUT2D eigenvalue weighted by atomic mass is 9.99. The van der Waals surface area contributed by atoms with Crippen LogP contribution in [0, 0.1) is 12.3 Å². The molecule has 1 aromatic carbocycles. The topological polar surface area (TPSA) is 41.9 Å². The van der Waals surface area contributed by atoms with E-state index in [9.17, 15) is 5.11 Å². The zero-order valence-corrected chi connectivity index (χ0v) is 23.7. The third-order valence-corrected chi connectivity index (χ3v) is 8.73. The monoisotopic (exact) mass is 551 g/mol. The molecule has 1 fully saturated rings. The Kier molecular flexibility index (Phi) is 11.1. The second kappa shape index (κ2) is 14.7. The molecule has 1 aliphatic carbocycles. The van der Waals surface area contributed by atoms with Gasteiger partial charge in [-0.2, -0.15) is 0 Å². The van der Waals surface area contributed by atoms with Crippen LogP contribution in [0.15, 0.2) is 83.2 Å². The highest BCUT2D eigenvalue weighted by molar-refractivity contribution is 8.00. The summed E-state index contributed by atoms with van der Waals surface area (Å²) >= 11 is 7.98. The first-order valence-corrected chi connectivity index (χ1v) is 15.1. The van der Waals surface area contributed by atoms with Crippen molar-refractivity contribution in [1.29, 1.82) is 0 Å². The Bertz CT molecular complexity index is 1120. The van der Waals surface area contributed by atoms with E-state index in [-0.39, 0.29) is 17.2 Å². The van der Waals surface area contributed by atoms with Crippen molar-refractivity contribution in [2.45, 2.75) is 50.1 Å². The number of hydrogen-bond donors (Lipinski definition) is 1. The van der Waals surface area contributed by atoms with Gasteiger partial charge in [-0.25, -0.2) is 0 Å². The third-order valence-electron chi connectivity index (χ3n) is 7.07. The number of likely N-dealkylation sites (tertiary alicyclic amines) is 1. The number of aliphatic hydroxyl groups is 1. The summed E-state index contributed by atoms with van der Waals surface area (Å²) in [5.74, 6) is 5.23. The minimum absolute atomic E-state index is 0.0310. The minimum atomic E-state index is -0.710. The van der Waals surface area contributed by atoms with Crippen molar-refractivity contribution < 1.29 is 14.6 Å². The number of halogens is 1. The number of alkyl halides is 1. The van der Waals surface area contributed by atoms with Gasteiger partial charge in [0, 0.05) is 23.8 Å². The van der Waals surface area contributed by atoms with E-state index in [0.29, 0.717) is 6.61 Å². The van der Waals surface area contributed by atoms with Gasteiger partial charge in [-0.1, -0.05) is 49.6 Å². The molecule has 1 aromatic rings. The molecule has 3 aliphatic rings. The maximum atomic E-state index is 10.5. The van der Waals surface area contributed by atoms with Gasteiger partial charge in [0.15, 0.2) is 0 Å². The van der Waals surface area contributed by atoms with E-state index in [1.807, 2.05) is 42.1 Å². The Hall–Kier alpha value is -2.36. The predicted octanol–water partition coefficient (Wildman–Crippen LogP) is 6.60. The smallest absolute Gasteiger partial charge is 0.140 e. The van der Waals surface area contributed by atoms with Crippen LogP contribution in [-0.2, 0) is 4.74 Å². The van der Waals surface area contributed by atoms with Gasteiger partial charge >= 0.3 is 0 Å². The van der Waals surface area contributed by atoms with E-state index >= 15 is 0 Å². The van der Waals surface area contributed by atoms with E-state index in [0.717, 1.165) is 52.5 Å². The highest BCUT2D eigenvalue weighted by atomic mass is 35.5. The maximum Gasteiger partial charge on any atom is 0.140 e. The summed E-state index contributed by atoms with van der Waals surface area (Å²) in [6.07, 6.45) is 21.0. The first-order chi connectivity index (χ1) is 18.6. The average Bonchev–Trinajstić information content (AvgIpc) is 3.22. The predicted molar refractivity (Wildman–Crippen MR) is 160 cm³/mol. The van der Waals surface area contributed by atoms with Crippen molar-refractivity contribution >= 4 is 23.4 Å². The van der Waals surface area contributed by atoms with Gasteiger partial charge in [0.05, 0.1) is 11.4 Å². The Balaban J connectivity index is 1.58. The van der Waals surface area contributed by atoms with Gasteiger partial charge in [-0.3, -0.25) is 4.90 Å². The summed E-state index contributed by atoms with van der Waals surface area (Å²) in [5, 5.41) is 10.5. The molecule has 0 aromatic heterocycles. The molecule has 0 radical (unpaired) electrons. The molecule has 0 amide bonds. The SMILES string of the molecule is C#C/C=C\C(=C/CC)[C@@H]1SCC2=C(C=C(CCl)C(O)C=C2)O[C@@H]1c1ccc(OCCN2CCCCC2)cc1. The molecule has 1 N–H and O–H groups in total. The van der Waals surface area contributed by atoms with Crippen LogP contribution >= 0.6 is 23.4 Å². The van der Waals surface area contributed by atoms with Crippen LogP contribution in [0.3, 0.4) is 0 Å². The molecule has 4 rings (SSSR count). The largest absolute Gasteiger partial charge is 0.492 e. The van der Waals surface area contributed by atoms with Crippen LogP contribution in [0.5, 0.6) is 5.75 Å². The minimum Gasteiger partial charge on any atom is -0.492 e. The van der Waals surface area contributed by atoms with E-state index < -0.39 is 6.10 Å². The molecule has 2 aliphatic heterocycles. The van der Waals surface area contributed by atoms with Gasteiger partial charge in [0.2, 0.25) is 0 Å². The van der Waals surface area contributed by atoms with Gasteiger partial charge < -0.3 is 14.6 Å². The first-order valence-electron chi connectivity index (χ1n) is 13.5. The third kappa shape index (κ3) is 7.61. The Morgan fingerprint density at radius 3 is 2.76 bits per heavy atom. The van der Waals surface area contributed by atoms with Crippen LogP contribution in [0.2, 0.25) is 0 Å². The van der Waals surface area contributed by atoms with Crippen LogP contribution < -0.4 is 4.74 Å². The summed E-state index contributed by atoms with van der Waals surface area (Å²) in [6, 6.07) is 8.27. The molecular weight excluding hydrogens is 514 g/mol. The molecule has 6 heteroatoms. The van der Waals surface area contributed by atoms with Gasteiger partial charge in [-0.05, 0) is 79.4 Å². The molecule has 3 atom stereocenters. The molecule has 1 saturated heterocycles. The van der Waals surface area contributed by atoms with E-state index in [1.54, 1.807) is 12.2 Å². The average molecular weight is 552 g/mol. The Labute approximate surface area is 237 Å². The molecule has 4 nitrogen and oxygen atoms in total. The second-order valence-corrected chi connectivity index (χ2v) is 11.1. The van der Waals surface area contributed by atoms with Crippen molar-refractivity contribution in [3.63, 3.8) is 0 Å². The molecule has 1 unspecified atom stereocenters. The highest BCUT2D eigenvalue weighted by Gasteiger charge is 2.32. The van der Waals surface area contributed by atoms with Crippen LogP contribution in [-0.4, -0.2) is 59.2 Å². The number of rotatable bonds is 9. The number of piperidine rings is 1. The lowest BCUT2D eigenvalue weighted by Gasteiger charge is -2.28. The fourth-order valence-electron chi connectivity index (χ4n) is 4.97. The molecule has 0 spiro atoms. The quantitative estimate of drug-likeness (QED) is 0.213. The number of hydrogen-bond acceptors (Lipinski definition) is 5. The van der Waals surface area contributed by atoms with Crippen molar-refractivity contribution in [3.8, 4) is 18.1 Å². The van der Waals surface area contributed by atoms with Gasteiger partial charge in [0.1, 0.15) is 24.2 Å². The van der Waals surface area contributed by atoms with Crippen molar-refractivity contribution in [3.05, 3.63) is 88.8 Å². The van der Waals surface area contributed by atoms with Crippen molar-refractivity contribution in [2.75, 3.05) is 37.9 Å². The van der Waals surface area contributed by atoms with Gasteiger partial charge in [0.25, 0.3) is 0 Å². The first kappa shape index (κ1) is 28.6. The molecule has 0 bridgehead atoms. The Morgan fingerprint density at radius 2 is 2.05 bits per heavy atom. The lowest BCUT2D eigenvalue weighted by molar-refractivity contribution is 0.131. The summed E-state index contributed by atoms with van der Waals surface area (Å²) in [4.78, 5) is 2.48. The maximum absolute atomic E-state index is 10.5. The fourth-order valence-corrected chi connectivity index (χ4v) is 6.56. The number of terminal acetylenes is 1. The summed E-state index contributed by atoms with van der Waals surface area (Å²) in [6.45, 7) is 6.13. The van der Waals surface area contributed by atoms with Crippen LogP contribution in [0.25, 0.3) is 0 Å². The molecular formula is C32H38ClNO3S. The lowest BCUT2D eigenvalue weighted by Crippen LogP contribution is -2.33. The van der Waals surface area contributed by atoms with Crippen molar-refractivity contribution in [2.24, 2.45) is 0 Å². The molecule has 38 heavy (non-hydrogen) atoms. The van der Waals surface area contributed by atoms with E-state index in [1.165, 1.54) is 32.4 Å². The molecule has 0 saturated carbocycles. The summed E-state index contributed by atoms with van der Waals surface area (Å²) < 4.78 is 12.9. The van der Waals surface area contributed by atoms with E-state index in [2.05, 4.69) is 36.0 Å². The van der Waals surface area contributed by atoms with Gasteiger partial charge in [-0.15, -0.1) is 29.8 Å². The number of aliphatic hydroxyl groups excluding tert-OH is 1. The standard InChI is InChI=1S/C32H38ClNO3S/c1-3-5-10-25(9-4-2)32-31(37-30-21-27(22-33)29(35)16-13-26(30)23-38-32)24-11-14-28(15-12-24)36-20-19-34-17-7-6-8-18-34/h1,5,9-16,21,29,31-32,35H,4,6-8,17-20,22-23H2,2H3/b10-5-,25-9+/t29?,31-,32+/m1/s1. The normalized spacial score (nSPS) is 24.7. The van der Waals surface area contributed by atoms with E-state index in [4.69, 9.17) is 27.5 Å². The van der Waals surface area contributed by atoms with Crippen LogP contribution in [0.4, 0.5) is 0 Å². The number of nitrogens with zero attached hydrogens (tertiary/aromatic N) is 1. The zero-order chi connectivity index (χ0) is 26.7. The number of ether oxygens (including phenoxy) is 2. The molecule has 2 heterocycles. The zero-order valence-electron chi connectivity index (χ0n) is 22.2. The van der Waals surface area contributed by atoms with Crippen LogP contribution in [0.1, 0.15) is 44.3 Å². The summed E-state index contributed by atoms with van der Waals surface area (Å²) in [7, 11) is 0. The van der Waals surface area contributed by atoms with Crippen molar-refractivity contribution in [1.82, 2.24) is 4.90 Å². The summed E-state index contributed by atoms with van der Waals surface area (Å²) in [5.41, 5.74) is 3.97. The Morgan fingerprint density at radius 1 is 1.26 bits per heavy atom. The fraction of sp³-hybridized carbons (Fsp3) is 0.438. The number of allylic oxidation sites excluding steroid dienone is 5.